The van der Waals surface area contributed by atoms with Crippen LogP contribution in [0.5, 0.6) is 0 Å². The predicted molar refractivity (Wildman–Crippen MR) is 123 cm³/mol. The van der Waals surface area contributed by atoms with E-state index in [2.05, 4.69) is 41.1 Å². The van der Waals surface area contributed by atoms with E-state index in [4.69, 9.17) is 11.6 Å². The fourth-order valence-corrected chi connectivity index (χ4v) is 3.38. The largest absolute Gasteiger partial charge is 0.355 e. The summed E-state index contributed by atoms with van der Waals surface area (Å²) in [5, 5.41) is 12.6. The molecule has 0 aliphatic carbocycles. The van der Waals surface area contributed by atoms with Crippen LogP contribution in [0.3, 0.4) is 0 Å². The number of piperazine rings is 1. The van der Waals surface area contributed by atoms with Crippen LogP contribution in [0.1, 0.15) is 10.4 Å². The van der Waals surface area contributed by atoms with Crippen molar-refractivity contribution in [2.24, 2.45) is 0 Å². The first-order chi connectivity index (χ1) is 15.1. The third-order valence-corrected chi connectivity index (χ3v) is 5.12. The standard InChI is InChI=1S/C21H23ClN8O/c1-23-20(31)15-4-2-3-5-17(15)28-19-16(22)13-26-21(29-19)27-14-6-7-18(25-12-14)30-10-8-24-9-11-30/h2-7,12-13,24H,8-11H2,1H3,(H,23,31)(H2,26,27,28,29). The van der Waals surface area contributed by atoms with E-state index in [-0.39, 0.29) is 5.91 Å². The van der Waals surface area contributed by atoms with E-state index in [0.29, 0.717) is 28.0 Å². The van der Waals surface area contributed by atoms with E-state index in [9.17, 15) is 4.79 Å². The Morgan fingerprint density at radius 2 is 1.87 bits per heavy atom. The van der Waals surface area contributed by atoms with Crippen LogP contribution in [0, 0.1) is 0 Å². The molecule has 0 unspecified atom stereocenters. The zero-order valence-corrected chi connectivity index (χ0v) is 17.8. The van der Waals surface area contributed by atoms with Gasteiger partial charge in [-0.3, -0.25) is 4.79 Å². The van der Waals surface area contributed by atoms with Crippen molar-refractivity contribution in [3.8, 4) is 0 Å². The topological polar surface area (TPSA) is 107 Å². The van der Waals surface area contributed by atoms with Crippen LogP contribution in [0.25, 0.3) is 0 Å². The minimum atomic E-state index is -0.206. The molecule has 160 valence electrons. The Balaban J connectivity index is 1.50. The summed E-state index contributed by atoms with van der Waals surface area (Å²) in [5.74, 6) is 1.49. The first-order valence-corrected chi connectivity index (χ1v) is 10.3. The maximum atomic E-state index is 12.1. The fourth-order valence-electron chi connectivity index (χ4n) is 3.24. The van der Waals surface area contributed by atoms with E-state index in [0.717, 1.165) is 37.7 Å². The highest BCUT2D eigenvalue weighted by atomic mass is 35.5. The second-order valence-corrected chi connectivity index (χ2v) is 7.31. The lowest BCUT2D eigenvalue weighted by Crippen LogP contribution is -2.43. The second kappa shape index (κ2) is 9.59. The molecule has 1 amide bonds. The van der Waals surface area contributed by atoms with Crippen molar-refractivity contribution < 1.29 is 4.79 Å². The van der Waals surface area contributed by atoms with Crippen molar-refractivity contribution in [3.63, 3.8) is 0 Å². The Morgan fingerprint density at radius 3 is 2.61 bits per heavy atom. The molecular formula is C21H23ClN8O. The van der Waals surface area contributed by atoms with Gasteiger partial charge in [0.2, 0.25) is 5.95 Å². The van der Waals surface area contributed by atoms with Crippen LogP contribution in [0.4, 0.5) is 29.0 Å². The van der Waals surface area contributed by atoms with Gasteiger partial charge in [0, 0.05) is 33.2 Å². The van der Waals surface area contributed by atoms with Gasteiger partial charge in [-0.2, -0.15) is 4.98 Å². The average Bonchev–Trinajstić information content (AvgIpc) is 2.82. The lowest BCUT2D eigenvalue weighted by Gasteiger charge is -2.28. The van der Waals surface area contributed by atoms with Gasteiger partial charge in [-0.05, 0) is 24.3 Å². The molecule has 31 heavy (non-hydrogen) atoms. The lowest BCUT2D eigenvalue weighted by molar-refractivity contribution is 0.0964. The molecule has 1 saturated heterocycles. The van der Waals surface area contributed by atoms with Crippen LogP contribution >= 0.6 is 11.6 Å². The fraction of sp³-hybridized carbons (Fsp3) is 0.238. The highest BCUT2D eigenvalue weighted by molar-refractivity contribution is 6.33. The molecule has 0 bridgehead atoms. The van der Waals surface area contributed by atoms with Crippen LogP contribution in [0.2, 0.25) is 5.02 Å². The number of para-hydroxylation sites is 1. The van der Waals surface area contributed by atoms with Crippen molar-refractivity contribution in [1.29, 1.82) is 0 Å². The van der Waals surface area contributed by atoms with Gasteiger partial charge in [-0.25, -0.2) is 9.97 Å². The molecule has 4 N–H and O–H groups in total. The van der Waals surface area contributed by atoms with Crippen molar-refractivity contribution in [2.45, 2.75) is 0 Å². The molecule has 1 aliphatic rings. The number of carbonyl (C=O) groups is 1. The number of benzene rings is 1. The second-order valence-electron chi connectivity index (χ2n) is 6.91. The predicted octanol–water partition coefficient (Wildman–Crippen LogP) is 2.78. The third-order valence-electron chi connectivity index (χ3n) is 4.84. The Kier molecular flexibility index (Phi) is 6.44. The number of anilines is 5. The van der Waals surface area contributed by atoms with Gasteiger partial charge < -0.3 is 26.2 Å². The highest BCUT2D eigenvalue weighted by Crippen LogP contribution is 2.27. The number of aromatic nitrogens is 3. The van der Waals surface area contributed by atoms with E-state index in [1.165, 1.54) is 6.20 Å². The quantitative estimate of drug-likeness (QED) is 0.465. The smallest absolute Gasteiger partial charge is 0.253 e. The summed E-state index contributed by atoms with van der Waals surface area (Å²) in [6, 6.07) is 11.0. The molecule has 2 aromatic heterocycles. The van der Waals surface area contributed by atoms with Crippen LogP contribution in [-0.4, -0.2) is 54.1 Å². The summed E-state index contributed by atoms with van der Waals surface area (Å²) in [6.07, 6.45) is 3.26. The highest BCUT2D eigenvalue weighted by Gasteiger charge is 2.14. The molecule has 0 radical (unpaired) electrons. The lowest BCUT2D eigenvalue weighted by atomic mass is 10.1. The van der Waals surface area contributed by atoms with Crippen LogP contribution in [0.15, 0.2) is 48.8 Å². The molecular weight excluding hydrogens is 416 g/mol. The van der Waals surface area contributed by atoms with Crippen LogP contribution in [-0.2, 0) is 0 Å². The Hall–Kier alpha value is -3.43. The van der Waals surface area contributed by atoms with E-state index < -0.39 is 0 Å². The molecule has 1 fully saturated rings. The number of amides is 1. The van der Waals surface area contributed by atoms with Gasteiger partial charge >= 0.3 is 0 Å². The molecule has 0 atom stereocenters. The zero-order valence-electron chi connectivity index (χ0n) is 17.0. The summed E-state index contributed by atoms with van der Waals surface area (Å²) < 4.78 is 0. The Bertz CT molecular complexity index is 1050. The molecule has 3 heterocycles. The zero-order chi connectivity index (χ0) is 21.6. The normalized spacial score (nSPS) is 13.5. The number of pyridine rings is 1. The van der Waals surface area contributed by atoms with Crippen LogP contribution < -0.4 is 26.2 Å². The minimum absolute atomic E-state index is 0.206. The molecule has 9 nitrogen and oxygen atoms in total. The average molecular weight is 439 g/mol. The number of nitrogens with one attached hydrogen (secondary N) is 4. The molecule has 3 aromatic rings. The number of hydrogen-bond donors (Lipinski definition) is 4. The Labute approximate surface area is 185 Å². The molecule has 0 spiro atoms. The summed E-state index contributed by atoms with van der Waals surface area (Å²) in [6.45, 7) is 3.79. The number of carbonyl (C=O) groups excluding carboxylic acids is 1. The summed E-state index contributed by atoms with van der Waals surface area (Å²) in [5.41, 5.74) is 1.84. The first kappa shape index (κ1) is 20.8. The van der Waals surface area contributed by atoms with Gasteiger partial charge in [0.15, 0.2) is 5.82 Å². The van der Waals surface area contributed by atoms with Crippen molar-refractivity contribution >= 4 is 46.5 Å². The van der Waals surface area contributed by atoms with Gasteiger partial charge in [-0.1, -0.05) is 23.7 Å². The van der Waals surface area contributed by atoms with E-state index in [1.807, 2.05) is 18.2 Å². The molecule has 10 heteroatoms. The number of nitrogens with zero attached hydrogens (tertiary/aromatic N) is 4. The van der Waals surface area contributed by atoms with Crippen molar-refractivity contribution in [1.82, 2.24) is 25.6 Å². The van der Waals surface area contributed by atoms with Crippen molar-refractivity contribution in [3.05, 3.63) is 59.4 Å². The number of hydrogen-bond acceptors (Lipinski definition) is 8. The van der Waals surface area contributed by atoms with Gasteiger partial charge in [0.05, 0.1) is 29.3 Å². The maximum Gasteiger partial charge on any atom is 0.253 e. The Morgan fingerprint density at radius 1 is 1.06 bits per heavy atom. The molecule has 1 aliphatic heterocycles. The SMILES string of the molecule is CNC(=O)c1ccccc1Nc1nc(Nc2ccc(N3CCNCC3)nc2)ncc1Cl. The number of halogens is 1. The summed E-state index contributed by atoms with van der Waals surface area (Å²) in [4.78, 5) is 27.6. The summed E-state index contributed by atoms with van der Waals surface area (Å²) in [7, 11) is 1.58. The number of rotatable bonds is 6. The van der Waals surface area contributed by atoms with Gasteiger partial charge in [0.25, 0.3) is 5.91 Å². The van der Waals surface area contributed by atoms with E-state index in [1.54, 1.807) is 31.4 Å². The van der Waals surface area contributed by atoms with E-state index >= 15 is 0 Å². The maximum absolute atomic E-state index is 12.1. The molecule has 1 aromatic carbocycles. The van der Waals surface area contributed by atoms with Gasteiger partial charge in [0.1, 0.15) is 10.8 Å². The molecule has 4 rings (SSSR count). The van der Waals surface area contributed by atoms with Crippen molar-refractivity contribution in [2.75, 3.05) is 48.8 Å². The molecule has 0 saturated carbocycles. The minimum Gasteiger partial charge on any atom is -0.355 e. The van der Waals surface area contributed by atoms with Gasteiger partial charge in [-0.15, -0.1) is 0 Å². The third kappa shape index (κ3) is 5.01. The summed E-state index contributed by atoms with van der Waals surface area (Å²) >= 11 is 6.28. The first-order valence-electron chi connectivity index (χ1n) is 9.93. The monoisotopic (exact) mass is 438 g/mol.